The number of aromatic nitrogens is 2. The van der Waals surface area contributed by atoms with E-state index in [2.05, 4.69) is 39.5 Å². The molecule has 184 valence electrons. The van der Waals surface area contributed by atoms with Gasteiger partial charge in [-0.05, 0) is 55.7 Å². The average molecular weight is 542 g/mol. The molecule has 1 N–H and O–H groups in total. The molecule has 8 nitrogen and oxygen atoms in total. The van der Waals surface area contributed by atoms with E-state index in [9.17, 15) is 14.7 Å². The van der Waals surface area contributed by atoms with Gasteiger partial charge in [-0.15, -0.1) is 6.58 Å². The number of allylic oxidation sites excluding steroid dienone is 1. The number of aliphatic carboxylic acids is 1. The molecule has 3 aromatic rings. The van der Waals surface area contributed by atoms with Gasteiger partial charge in [0.2, 0.25) is 0 Å². The van der Waals surface area contributed by atoms with Gasteiger partial charge >= 0.3 is 5.97 Å². The van der Waals surface area contributed by atoms with Crippen molar-refractivity contribution in [2.24, 2.45) is 5.10 Å². The van der Waals surface area contributed by atoms with Crippen LogP contribution < -0.4 is 15.0 Å². The first-order valence-corrected chi connectivity index (χ1v) is 12.0. The Morgan fingerprint density at radius 1 is 1.34 bits per heavy atom. The molecular weight excluding hydrogens is 514 g/mol. The third-order valence-corrected chi connectivity index (χ3v) is 5.83. The molecule has 2 aromatic carbocycles. The van der Waals surface area contributed by atoms with E-state index in [-0.39, 0.29) is 5.56 Å². The lowest BCUT2D eigenvalue weighted by atomic mass is 10.1. The molecule has 0 spiro atoms. The third kappa shape index (κ3) is 6.16. The van der Waals surface area contributed by atoms with Gasteiger partial charge in [-0.25, -0.2) is 9.78 Å². The molecule has 0 aliphatic carbocycles. The number of ether oxygens (including phenoxy) is 2. The summed E-state index contributed by atoms with van der Waals surface area (Å²) in [6.45, 7) is 7.30. The maximum atomic E-state index is 13.3. The van der Waals surface area contributed by atoms with E-state index in [0.29, 0.717) is 52.2 Å². The standard InChI is InChI=1S/C26H28BrN3O5/c1-5-7-9-23-29-21-11-10-19(27)14-20(21)25(31)30(23)28-15-17-12-18(8-6-2)24(22(13-17)34-4)35-16(3)26(32)33/h6,10-16H,2,5,7-9H2,1,3-4H3,(H,32,33)/t16-/m1/s1. The summed E-state index contributed by atoms with van der Waals surface area (Å²) in [6.07, 6.45) is 5.04. The van der Waals surface area contributed by atoms with Gasteiger partial charge in [-0.3, -0.25) is 4.79 Å². The van der Waals surface area contributed by atoms with Crippen LogP contribution >= 0.6 is 15.9 Å². The van der Waals surface area contributed by atoms with Gasteiger partial charge < -0.3 is 14.6 Å². The van der Waals surface area contributed by atoms with E-state index in [1.165, 1.54) is 18.7 Å². The Bertz CT molecular complexity index is 1330. The lowest BCUT2D eigenvalue weighted by Gasteiger charge is -2.18. The van der Waals surface area contributed by atoms with E-state index in [4.69, 9.17) is 9.47 Å². The number of carbonyl (C=O) groups is 1. The van der Waals surface area contributed by atoms with Crippen molar-refractivity contribution in [2.45, 2.75) is 45.6 Å². The van der Waals surface area contributed by atoms with Crippen molar-refractivity contribution in [2.75, 3.05) is 7.11 Å². The van der Waals surface area contributed by atoms with Crippen molar-refractivity contribution in [1.82, 2.24) is 9.66 Å². The predicted molar refractivity (Wildman–Crippen MR) is 140 cm³/mol. The molecule has 0 radical (unpaired) electrons. The Kier molecular flexibility index (Phi) is 8.81. The number of methoxy groups -OCH3 is 1. The summed E-state index contributed by atoms with van der Waals surface area (Å²) in [4.78, 5) is 29.3. The predicted octanol–water partition coefficient (Wildman–Crippen LogP) is 4.97. The van der Waals surface area contributed by atoms with Crippen LogP contribution in [0.25, 0.3) is 10.9 Å². The molecule has 0 aliphatic heterocycles. The SMILES string of the molecule is C=CCc1cc(C=Nn2c(CCCC)nc3ccc(Br)cc3c2=O)cc(OC)c1O[C@H](C)C(=O)O. The number of fused-ring (bicyclic) bond motifs is 1. The molecule has 35 heavy (non-hydrogen) atoms. The Morgan fingerprint density at radius 2 is 2.11 bits per heavy atom. The molecule has 9 heteroatoms. The Balaban J connectivity index is 2.11. The second kappa shape index (κ2) is 11.8. The molecule has 0 saturated heterocycles. The van der Waals surface area contributed by atoms with Crippen LogP contribution in [0.4, 0.5) is 0 Å². The lowest BCUT2D eigenvalue weighted by Crippen LogP contribution is -2.24. The van der Waals surface area contributed by atoms with E-state index >= 15 is 0 Å². The van der Waals surface area contributed by atoms with E-state index in [1.54, 1.807) is 30.5 Å². The summed E-state index contributed by atoms with van der Waals surface area (Å²) >= 11 is 3.41. The van der Waals surface area contributed by atoms with Crippen LogP contribution in [0.1, 0.15) is 43.6 Å². The van der Waals surface area contributed by atoms with Crippen LogP contribution in [-0.4, -0.2) is 40.2 Å². The molecule has 0 aliphatic rings. The van der Waals surface area contributed by atoms with E-state index in [0.717, 1.165) is 17.3 Å². The van der Waals surface area contributed by atoms with Gasteiger partial charge in [0.05, 0.1) is 24.2 Å². The van der Waals surface area contributed by atoms with Gasteiger partial charge in [0.25, 0.3) is 5.56 Å². The van der Waals surface area contributed by atoms with Gasteiger partial charge in [0.15, 0.2) is 17.6 Å². The zero-order valence-electron chi connectivity index (χ0n) is 20.0. The molecule has 0 unspecified atom stereocenters. The molecule has 1 heterocycles. The van der Waals surface area contributed by atoms with Crippen LogP contribution in [0.3, 0.4) is 0 Å². The zero-order valence-corrected chi connectivity index (χ0v) is 21.5. The van der Waals surface area contributed by atoms with Crippen molar-refractivity contribution >= 4 is 39.0 Å². The number of carboxylic acids is 1. The molecule has 0 amide bonds. The van der Waals surface area contributed by atoms with Crippen LogP contribution in [0, 0.1) is 0 Å². The number of benzene rings is 2. The first kappa shape index (κ1) is 26.2. The number of aryl methyl sites for hydroxylation is 1. The first-order chi connectivity index (χ1) is 16.8. The van der Waals surface area contributed by atoms with Crippen molar-refractivity contribution in [1.29, 1.82) is 0 Å². The zero-order chi connectivity index (χ0) is 25.5. The number of unbranched alkanes of at least 4 members (excludes halogenated alkanes) is 1. The number of rotatable bonds is 11. The second-order valence-corrected chi connectivity index (χ2v) is 8.87. The molecule has 1 aromatic heterocycles. The van der Waals surface area contributed by atoms with Gasteiger partial charge in [0, 0.05) is 16.5 Å². The minimum Gasteiger partial charge on any atom is -0.493 e. The fourth-order valence-electron chi connectivity index (χ4n) is 3.51. The van der Waals surface area contributed by atoms with Crippen LogP contribution in [0.5, 0.6) is 11.5 Å². The Morgan fingerprint density at radius 3 is 2.77 bits per heavy atom. The normalized spacial score (nSPS) is 12.1. The van der Waals surface area contributed by atoms with Crippen molar-refractivity contribution < 1.29 is 19.4 Å². The Labute approximate surface area is 212 Å². The monoisotopic (exact) mass is 541 g/mol. The van der Waals surface area contributed by atoms with E-state index < -0.39 is 12.1 Å². The number of halogens is 1. The third-order valence-electron chi connectivity index (χ3n) is 5.33. The van der Waals surface area contributed by atoms with Crippen molar-refractivity contribution in [3.63, 3.8) is 0 Å². The second-order valence-electron chi connectivity index (χ2n) is 7.96. The summed E-state index contributed by atoms with van der Waals surface area (Å²) in [5.74, 6) is 0.184. The number of nitrogens with zero attached hydrogens (tertiary/aromatic N) is 3. The topological polar surface area (TPSA) is 103 Å². The van der Waals surface area contributed by atoms with Crippen molar-refractivity contribution in [3.05, 3.63) is 74.8 Å². The highest BCUT2D eigenvalue weighted by atomic mass is 79.9. The highest BCUT2D eigenvalue weighted by Gasteiger charge is 2.19. The number of hydrogen-bond acceptors (Lipinski definition) is 6. The summed E-state index contributed by atoms with van der Waals surface area (Å²) in [5, 5.41) is 14.2. The molecule has 0 fully saturated rings. The fraction of sp³-hybridized carbons (Fsp3) is 0.308. The molecule has 3 rings (SSSR count). The van der Waals surface area contributed by atoms with E-state index in [1.807, 2.05) is 12.1 Å². The maximum Gasteiger partial charge on any atom is 0.344 e. The molecule has 0 saturated carbocycles. The van der Waals surface area contributed by atoms with Crippen LogP contribution in [0.2, 0.25) is 0 Å². The molecule has 1 atom stereocenters. The summed E-state index contributed by atoms with van der Waals surface area (Å²) in [7, 11) is 1.48. The minimum atomic E-state index is -1.09. The van der Waals surface area contributed by atoms with Gasteiger partial charge in [-0.2, -0.15) is 9.78 Å². The highest BCUT2D eigenvalue weighted by molar-refractivity contribution is 9.10. The summed E-state index contributed by atoms with van der Waals surface area (Å²) in [6, 6.07) is 8.89. The quantitative estimate of drug-likeness (QED) is 0.271. The molecular formula is C26H28BrN3O5. The maximum absolute atomic E-state index is 13.3. The largest absolute Gasteiger partial charge is 0.493 e. The first-order valence-electron chi connectivity index (χ1n) is 11.3. The van der Waals surface area contributed by atoms with Gasteiger partial charge in [0.1, 0.15) is 5.82 Å². The Hall–Kier alpha value is -3.46. The van der Waals surface area contributed by atoms with Crippen molar-refractivity contribution in [3.8, 4) is 11.5 Å². The average Bonchev–Trinajstić information content (AvgIpc) is 2.83. The minimum absolute atomic E-state index is 0.257. The number of carboxylic acid groups (broad SMARTS) is 1. The van der Waals surface area contributed by atoms with Gasteiger partial charge in [-0.1, -0.05) is 35.4 Å². The number of hydrogen-bond donors (Lipinski definition) is 1. The fourth-order valence-corrected chi connectivity index (χ4v) is 3.87. The smallest absolute Gasteiger partial charge is 0.344 e. The summed E-state index contributed by atoms with van der Waals surface area (Å²) in [5.41, 5.74) is 1.71. The van der Waals surface area contributed by atoms with Crippen LogP contribution in [-0.2, 0) is 17.6 Å². The molecule has 0 bridgehead atoms. The summed E-state index contributed by atoms with van der Waals surface area (Å²) < 4.78 is 13.2. The van der Waals surface area contributed by atoms with Crippen LogP contribution in [0.15, 0.2) is 57.4 Å². The lowest BCUT2D eigenvalue weighted by molar-refractivity contribution is -0.144. The highest BCUT2D eigenvalue weighted by Crippen LogP contribution is 2.34.